The van der Waals surface area contributed by atoms with E-state index in [1.807, 2.05) is 4.90 Å². The van der Waals surface area contributed by atoms with Crippen molar-refractivity contribution in [1.82, 2.24) is 4.98 Å². The van der Waals surface area contributed by atoms with E-state index >= 15 is 0 Å². The van der Waals surface area contributed by atoms with Crippen LogP contribution in [-0.4, -0.2) is 39.9 Å². The van der Waals surface area contributed by atoms with Gasteiger partial charge in [0.15, 0.2) is 5.69 Å². The van der Waals surface area contributed by atoms with E-state index in [-0.39, 0.29) is 5.69 Å². The highest BCUT2D eigenvalue weighted by Crippen LogP contribution is 2.45. The van der Waals surface area contributed by atoms with Gasteiger partial charge in [0.25, 0.3) is 0 Å². The van der Waals surface area contributed by atoms with Gasteiger partial charge in [0.05, 0.1) is 13.1 Å². The van der Waals surface area contributed by atoms with Gasteiger partial charge in [-0.2, -0.15) is 0 Å². The van der Waals surface area contributed by atoms with Crippen molar-refractivity contribution in [3.8, 4) is 0 Å². The summed E-state index contributed by atoms with van der Waals surface area (Å²) < 4.78 is 0. The Kier molecular flexibility index (Phi) is 2.13. The molecule has 0 spiro atoms. The molecule has 2 heterocycles. The van der Waals surface area contributed by atoms with Gasteiger partial charge in [-0.25, -0.2) is 9.78 Å². The van der Waals surface area contributed by atoms with Crippen LogP contribution in [0.5, 0.6) is 0 Å². The van der Waals surface area contributed by atoms with Crippen molar-refractivity contribution in [2.24, 2.45) is 5.92 Å². The lowest BCUT2D eigenvalue weighted by Gasteiger charge is -2.47. The van der Waals surface area contributed by atoms with Crippen LogP contribution in [0, 0.1) is 5.92 Å². The van der Waals surface area contributed by atoms with Crippen molar-refractivity contribution in [3.63, 3.8) is 0 Å². The average Bonchev–Trinajstić information content (AvgIpc) is 3.09. The molecule has 1 aliphatic carbocycles. The fraction of sp³-hybridized carbons (Fsp3) is 0.500. The van der Waals surface area contributed by atoms with Crippen molar-refractivity contribution >= 4 is 11.8 Å². The summed E-state index contributed by atoms with van der Waals surface area (Å²) in [6.07, 6.45) is 2.21. The van der Waals surface area contributed by atoms with Gasteiger partial charge in [0.1, 0.15) is 11.4 Å². The van der Waals surface area contributed by atoms with Crippen LogP contribution in [-0.2, 0) is 0 Å². The first-order chi connectivity index (χ1) is 8.08. The number of hydrogen-bond acceptors (Lipinski definition) is 4. The molecule has 17 heavy (non-hydrogen) atoms. The predicted octanol–water partition coefficient (Wildman–Crippen LogP) is 0.741. The molecule has 2 aliphatic rings. The van der Waals surface area contributed by atoms with Crippen LogP contribution in [0.4, 0.5) is 5.82 Å². The molecule has 1 saturated carbocycles. The molecular formula is C12H14N2O3. The molecule has 5 nitrogen and oxygen atoms in total. The van der Waals surface area contributed by atoms with Crippen LogP contribution >= 0.6 is 0 Å². The third-order valence-electron chi connectivity index (χ3n) is 3.54. The zero-order chi connectivity index (χ0) is 12.0. The maximum Gasteiger partial charge on any atom is 0.354 e. The second-order valence-corrected chi connectivity index (χ2v) is 4.92. The number of pyridine rings is 1. The van der Waals surface area contributed by atoms with Crippen molar-refractivity contribution in [2.45, 2.75) is 18.4 Å². The van der Waals surface area contributed by atoms with Gasteiger partial charge in [-0.3, -0.25) is 0 Å². The number of carbonyl (C=O) groups is 1. The SMILES string of the molecule is O=C(O)c1cccc(N2CC(O)(C3CC3)C2)n1. The number of aromatic carboxylic acids is 1. The van der Waals surface area contributed by atoms with E-state index in [4.69, 9.17) is 5.11 Å². The lowest BCUT2D eigenvalue weighted by atomic mass is 9.89. The molecule has 0 amide bonds. The lowest BCUT2D eigenvalue weighted by Crippen LogP contribution is -2.63. The highest BCUT2D eigenvalue weighted by atomic mass is 16.4. The Labute approximate surface area is 98.7 Å². The van der Waals surface area contributed by atoms with Gasteiger partial charge < -0.3 is 15.1 Å². The average molecular weight is 234 g/mol. The van der Waals surface area contributed by atoms with Crippen molar-refractivity contribution in [1.29, 1.82) is 0 Å². The fourth-order valence-corrected chi connectivity index (χ4v) is 2.37. The topological polar surface area (TPSA) is 73.7 Å². The Morgan fingerprint density at radius 3 is 2.71 bits per heavy atom. The monoisotopic (exact) mass is 234 g/mol. The van der Waals surface area contributed by atoms with Gasteiger partial charge in [-0.15, -0.1) is 0 Å². The Morgan fingerprint density at radius 2 is 2.12 bits per heavy atom. The highest BCUT2D eigenvalue weighted by Gasteiger charge is 2.52. The Bertz CT molecular complexity index is 465. The molecule has 0 radical (unpaired) electrons. The summed E-state index contributed by atoms with van der Waals surface area (Å²) in [4.78, 5) is 16.8. The van der Waals surface area contributed by atoms with E-state index in [1.165, 1.54) is 6.07 Å². The first kappa shape index (κ1) is 10.5. The maximum atomic E-state index is 10.8. The molecule has 3 rings (SSSR count). The van der Waals surface area contributed by atoms with Crippen LogP contribution in [0.3, 0.4) is 0 Å². The minimum Gasteiger partial charge on any atom is -0.477 e. The summed E-state index contributed by atoms with van der Waals surface area (Å²) >= 11 is 0. The van der Waals surface area contributed by atoms with Crippen LogP contribution in [0.2, 0.25) is 0 Å². The minimum atomic E-state index is -1.02. The zero-order valence-electron chi connectivity index (χ0n) is 9.33. The van der Waals surface area contributed by atoms with Gasteiger partial charge in [0, 0.05) is 0 Å². The van der Waals surface area contributed by atoms with E-state index in [2.05, 4.69) is 4.98 Å². The van der Waals surface area contributed by atoms with Crippen LogP contribution in [0.25, 0.3) is 0 Å². The molecule has 1 aromatic heterocycles. The van der Waals surface area contributed by atoms with Crippen LogP contribution < -0.4 is 4.90 Å². The molecule has 1 aromatic rings. The largest absolute Gasteiger partial charge is 0.477 e. The molecule has 2 N–H and O–H groups in total. The highest BCUT2D eigenvalue weighted by molar-refractivity contribution is 5.85. The molecule has 0 aromatic carbocycles. The smallest absolute Gasteiger partial charge is 0.354 e. The second kappa shape index (κ2) is 3.43. The lowest BCUT2D eigenvalue weighted by molar-refractivity contribution is -0.00974. The molecule has 0 atom stereocenters. The number of nitrogens with zero attached hydrogens (tertiary/aromatic N) is 2. The summed E-state index contributed by atoms with van der Waals surface area (Å²) in [5, 5.41) is 19.0. The first-order valence-corrected chi connectivity index (χ1v) is 5.76. The van der Waals surface area contributed by atoms with Gasteiger partial charge in [-0.05, 0) is 30.9 Å². The molecule has 1 saturated heterocycles. The minimum absolute atomic E-state index is 0.0457. The van der Waals surface area contributed by atoms with Gasteiger partial charge in [-0.1, -0.05) is 6.07 Å². The number of carboxylic acid groups (broad SMARTS) is 1. The molecule has 5 heteroatoms. The standard InChI is InChI=1S/C12H14N2O3/c15-11(16)9-2-1-3-10(13-9)14-6-12(17,7-14)8-4-5-8/h1-3,8,17H,4-7H2,(H,15,16). The quantitative estimate of drug-likeness (QED) is 0.807. The Balaban J connectivity index is 1.74. The summed E-state index contributed by atoms with van der Waals surface area (Å²) in [6.45, 7) is 1.13. The van der Waals surface area contributed by atoms with Crippen molar-refractivity contribution in [2.75, 3.05) is 18.0 Å². The molecule has 90 valence electrons. The van der Waals surface area contributed by atoms with E-state index < -0.39 is 11.6 Å². The Morgan fingerprint density at radius 1 is 1.41 bits per heavy atom. The van der Waals surface area contributed by atoms with Crippen molar-refractivity contribution in [3.05, 3.63) is 23.9 Å². The van der Waals surface area contributed by atoms with Crippen LogP contribution in [0.1, 0.15) is 23.3 Å². The number of carboxylic acids is 1. The molecule has 2 fully saturated rings. The summed E-state index contributed by atoms with van der Waals surface area (Å²) in [5.74, 6) is 0.0430. The number of hydrogen-bond donors (Lipinski definition) is 2. The van der Waals surface area contributed by atoms with Crippen LogP contribution in [0.15, 0.2) is 18.2 Å². The summed E-state index contributed by atoms with van der Waals surface area (Å²) in [5.41, 5.74) is -0.523. The van der Waals surface area contributed by atoms with E-state index in [0.29, 0.717) is 24.8 Å². The maximum absolute atomic E-state index is 10.8. The zero-order valence-corrected chi connectivity index (χ0v) is 9.33. The number of β-amino-alcohol motifs (C(OH)–C–C–N with tert-alkyl or cyclic N) is 1. The molecule has 1 aliphatic heterocycles. The predicted molar refractivity (Wildman–Crippen MR) is 61.1 cm³/mol. The molecule has 0 unspecified atom stereocenters. The number of aromatic nitrogens is 1. The molecular weight excluding hydrogens is 220 g/mol. The number of aliphatic hydroxyl groups is 1. The van der Waals surface area contributed by atoms with E-state index in [9.17, 15) is 9.90 Å². The number of anilines is 1. The normalized spacial score (nSPS) is 22.1. The van der Waals surface area contributed by atoms with Gasteiger partial charge in [0.2, 0.25) is 0 Å². The molecule has 0 bridgehead atoms. The fourth-order valence-electron chi connectivity index (χ4n) is 2.37. The first-order valence-electron chi connectivity index (χ1n) is 5.76. The second-order valence-electron chi connectivity index (χ2n) is 4.92. The summed E-state index contributed by atoms with van der Waals surface area (Å²) in [7, 11) is 0. The summed E-state index contributed by atoms with van der Waals surface area (Å²) in [6, 6.07) is 4.93. The van der Waals surface area contributed by atoms with Gasteiger partial charge >= 0.3 is 5.97 Å². The Hall–Kier alpha value is -1.62. The van der Waals surface area contributed by atoms with Crippen molar-refractivity contribution < 1.29 is 15.0 Å². The number of rotatable bonds is 3. The third kappa shape index (κ3) is 1.76. The van der Waals surface area contributed by atoms with E-state index in [1.54, 1.807) is 12.1 Å². The van der Waals surface area contributed by atoms with E-state index in [0.717, 1.165) is 12.8 Å². The third-order valence-corrected chi connectivity index (χ3v) is 3.54.